The molecule has 4 nitrogen and oxygen atoms in total. The second-order valence-corrected chi connectivity index (χ2v) is 3.63. The summed E-state index contributed by atoms with van der Waals surface area (Å²) in [6.45, 7) is 1.90. The third-order valence-electron chi connectivity index (χ3n) is 2.62. The Hall–Kier alpha value is -2.23. The van der Waals surface area contributed by atoms with E-state index in [1.807, 2.05) is 31.2 Å². The van der Waals surface area contributed by atoms with Gasteiger partial charge in [-0.1, -0.05) is 12.1 Å². The average Bonchev–Trinajstić information content (AvgIpc) is 2.39. The number of hydrogen-bond acceptors (Lipinski definition) is 4. The van der Waals surface area contributed by atoms with Gasteiger partial charge in [-0.15, -0.1) is 0 Å². The summed E-state index contributed by atoms with van der Waals surface area (Å²) in [6, 6.07) is 7.74. The van der Waals surface area contributed by atoms with Crippen molar-refractivity contribution < 1.29 is 0 Å². The molecular formula is C13H14N4. The van der Waals surface area contributed by atoms with Crippen LogP contribution < -0.4 is 5.73 Å². The zero-order valence-corrected chi connectivity index (χ0v) is 9.88. The molecule has 2 aromatic rings. The topological polar surface area (TPSA) is 64.2 Å². The van der Waals surface area contributed by atoms with Crippen LogP contribution in [-0.4, -0.2) is 22.7 Å². The van der Waals surface area contributed by atoms with Gasteiger partial charge in [0.05, 0.1) is 22.9 Å². The van der Waals surface area contributed by atoms with Crippen LogP contribution in [0.1, 0.15) is 12.6 Å². The van der Waals surface area contributed by atoms with E-state index in [2.05, 4.69) is 15.0 Å². The Labute approximate surface area is 99.9 Å². The zero-order valence-electron chi connectivity index (χ0n) is 9.88. The summed E-state index contributed by atoms with van der Waals surface area (Å²) in [7, 11) is 1.73. The van der Waals surface area contributed by atoms with E-state index in [-0.39, 0.29) is 0 Å². The first-order valence-electron chi connectivity index (χ1n) is 5.34. The van der Waals surface area contributed by atoms with Gasteiger partial charge in [-0.25, -0.2) is 4.98 Å². The number of para-hydroxylation sites is 2. The zero-order chi connectivity index (χ0) is 12.3. The molecule has 86 valence electrons. The van der Waals surface area contributed by atoms with Crippen molar-refractivity contribution in [2.75, 3.05) is 7.05 Å². The van der Waals surface area contributed by atoms with Crippen molar-refractivity contribution in [2.45, 2.75) is 6.92 Å². The van der Waals surface area contributed by atoms with Gasteiger partial charge in [0.25, 0.3) is 0 Å². The van der Waals surface area contributed by atoms with Crippen LogP contribution in [0.25, 0.3) is 16.6 Å². The Balaban J connectivity index is 2.56. The number of aromatic nitrogens is 2. The molecule has 0 saturated carbocycles. The Bertz CT molecular complexity index is 599. The molecule has 17 heavy (non-hydrogen) atoms. The van der Waals surface area contributed by atoms with E-state index >= 15 is 0 Å². The van der Waals surface area contributed by atoms with Crippen molar-refractivity contribution in [3.8, 4) is 0 Å². The Morgan fingerprint density at radius 1 is 1.29 bits per heavy atom. The van der Waals surface area contributed by atoms with E-state index in [9.17, 15) is 0 Å². The number of aliphatic imine (C=N–C) groups is 1. The summed E-state index contributed by atoms with van der Waals surface area (Å²) < 4.78 is 0. The highest BCUT2D eigenvalue weighted by Crippen LogP contribution is 2.15. The SMILES string of the molecule is CN=C(C)C(=CN)c1cnc2ccccc2n1. The van der Waals surface area contributed by atoms with Crippen LogP contribution in [0.15, 0.2) is 41.7 Å². The fourth-order valence-corrected chi connectivity index (χ4v) is 1.60. The largest absolute Gasteiger partial charge is 0.404 e. The highest BCUT2D eigenvalue weighted by Gasteiger charge is 2.07. The molecule has 0 aliphatic heterocycles. The van der Waals surface area contributed by atoms with Gasteiger partial charge in [0, 0.05) is 24.5 Å². The Morgan fingerprint density at radius 2 is 2.00 bits per heavy atom. The standard InChI is InChI=1S/C13H14N4/c1-9(15-2)10(7-14)13-8-16-11-5-3-4-6-12(11)17-13/h3-8H,14H2,1-2H3. The normalized spacial score (nSPS) is 13.1. The predicted octanol–water partition coefficient (Wildman–Crippen LogP) is 2.02. The molecule has 1 aromatic carbocycles. The van der Waals surface area contributed by atoms with Crippen LogP contribution in [-0.2, 0) is 0 Å². The minimum atomic E-state index is 0.745. The summed E-state index contributed by atoms with van der Waals surface area (Å²) in [5.41, 5.74) is 9.74. The first-order chi connectivity index (χ1) is 8.26. The number of fused-ring (bicyclic) bond motifs is 1. The van der Waals surface area contributed by atoms with Crippen molar-refractivity contribution in [1.29, 1.82) is 0 Å². The molecule has 0 spiro atoms. The van der Waals surface area contributed by atoms with Gasteiger partial charge in [0.15, 0.2) is 0 Å². The van der Waals surface area contributed by atoms with Gasteiger partial charge in [-0.05, 0) is 19.1 Å². The maximum atomic E-state index is 5.61. The number of allylic oxidation sites excluding steroid dienone is 1. The summed E-state index contributed by atoms with van der Waals surface area (Å²) in [5, 5.41) is 0. The van der Waals surface area contributed by atoms with E-state index < -0.39 is 0 Å². The van der Waals surface area contributed by atoms with Crippen LogP contribution >= 0.6 is 0 Å². The number of nitrogens with two attached hydrogens (primary N) is 1. The van der Waals surface area contributed by atoms with Crippen LogP contribution in [0.3, 0.4) is 0 Å². The molecule has 1 heterocycles. The molecule has 0 unspecified atom stereocenters. The molecule has 2 rings (SSSR count). The molecule has 0 aliphatic rings. The third-order valence-corrected chi connectivity index (χ3v) is 2.62. The number of hydrogen-bond donors (Lipinski definition) is 1. The molecule has 0 fully saturated rings. The molecule has 2 N–H and O–H groups in total. The lowest BCUT2D eigenvalue weighted by molar-refractivity contribution is 1.25. The summed E-state index contributed by atoms with van der Waals surface area (Å²) >= 11 is 0. The number of nitrogens with zero attached hydrogens (tertiary/aromatic N) is 3. The molecule has 1 aromatic heterocycles. The number of rotatable bonds is 2. The van der Waals surface area contributed by atoms with Gasteiger partial charge in [0.2, 0.25) is 0 Å². The molecule has 0 amide bonds. The highest BCUT2D eigenvalue weighted by atomic mass is 14.8. The Morgan fingerprint density at radius 3 is 2.65 bits per heavy atom. The second kappa shape index (κ2) is 4.74. The van der Waals surface area contributed by atoms with Crippen molar-refractivity contribution in [1.82, 2.24) is 9.97 Å². The first kappa shape index (κ1) is 11.3. The Kier molecular flexibility index (Phi) is 3.14. The van der Waals surface area contributed by atoms with E-state index in [1.165, 1.54) is 6.20 Å². The monoisotopic (exact) mass is 226 g/mol. The first-order valence-corrected chi connectivity index (χ1v) is 5.34. The number of benzene rings is 1. The van der Waals surface area contributed by atoms with E-state index in [4.69, 9.17) is 5.73 Å². The molecule has 0 saturated heterocycles. The summed E-state index contributed by atoms with van der Waals surface area (Å²) in [6.07, 6.45) is 3.23. The van der Waals surface area contributed by atoms with E-state index in [0.29, 0.717) is 0 Å². The van der Waals surface area contributed by atoms with Crippen molar-refractivity contribution in [2.24, 2.45) is 10.7 Å². The van der Waals surface area contributed by atoms with Crippen LogP contribution in [0.5, 0.6) is 0 Å². The fourth-order valence-electron chi connectivity index (χ4n) is 1.60. The smallest absolute Gasteiger partial charge is 0.0925 e. The van der Waals surface area contributed by atoms with Gasteiger partial charge in [-0.3, -0.25) is 9.98 Å². The third kappa shape index (κ3) is 2.15. The quantitative estimate of drug-likeness (QED) is 0.797. The molecular weight excluding hydrogens is 212 g/mol. The maximum Gasteiger partial charge on any atom is 0.0925 e. The summed E-state index contributed by atoms with van der Waals surface area (Å²) in [4.78, 5) is 13.0. The van der Waals surface area contributed by atoms with Crippen LogP contribution in [0, 0.1) is 0 Å². The average molecular weight is 226 g/mol. The molecule has 4 heteroatoms. The molecule has 0 atom stereocenters. The lowest BCUT2D eigenvalue weighted by Gasteiger charge is -2.05. The van der Waals surface area contributed by atoms with Gasteiger partial charge in [0.1, 0.15) is 0 Å². The van der Waals surface area contributed by atoms with Crippen LogP contribution in [0.4, 0.5) is 0 Å². The van der Waals surface area contributed by atoms with Crippen molar-refractivity contribution in [3.05, 3.63) is 42.4 Å². The van der Waals surface area contributed by atoms with E-state index in [1.54, 1.807) is 13.2 Å². The predicted molar refractivity (Wildman–Crippen MR) is 70.7 cm³/mol. The molecule has 0 bridgehead atoms. The lowest BCUT2D eigenvalue weighted by atomic mass is 10.1. The van der Waals surface area contributed by atoms with Crippen molar-refractivity contribution in [3.63, 3.8) is 0 Å². The second-order valence-electron chi connectivity index (χ2n) is 3.63. The van der Waals surface area contributed by atoms with Gasteiger partial charge < -0.3 is 5.73 Å². The van der Waals surface area contributed by atoms with E-state index in [0.717, 1.165) is 28.0 Å². The minimum Gasteiger partial charge on any atom is -0.404 e. The van der Waals surface area contributed by atoms with Gasteiger partial charge >= 0.3 is 0 Å². The highest BCUT2D eigenvalue weighted by molar-refractivity contribution is 6.22. The van der Waals surface area contributed by atoms with Crippen molar-refractivity contribution >= 4 is 22.3 Å². The molecule has 0 aliphatic carbocycles. The lowest BCUT2D eigenvalue weighted by Crippen LogP contribution is -2.03. The van der Waals surface area contributed by atoms with Crippen LogP contribution in [0.2, 0.25) is 0 Å². The maximum absolute atomic E-state index is 5.61. The minimum absolute atomic E-state index is 0.745. The fraction of sp³-hybridized carbons (Fsp3) is 0.154. The van der Waals surface area contributed by atoms with Gasteiger partial charge in [-0.2, -0.15) is 0 Å². The summed E-state index contributed by atoms with van der Waals surface area (Å²) in [5.74, 6) is 0. The molecule has 0 radical (unpaired) electrons.